The summed E-state index contributed by atoms with van der Waals surface area (Å²) in [5, 5.41) is 19.1. The Labute approximate surface area is 142 Å². The number of phenols is 1. The highest BCUT2D eigenvalue weighted by atomic mass is 16.5. The summed E-state index contributed by atoms with van der Waals surface area (Å²) < 4.78 is 5.87. The number of benzene rings is 2. The molecule has 0 spiro atoms. The van der Waals surface area contributed by atoms with Crippen LogP contribution < -0.4 is 4.74 Å². The SMILES string of the molecule is CCCc1c(OCc2cccc(CC#N)c2)ccc(C(C)=O)c1O. The van der Waals surface area contributed by atoms with E-state index in [4.69, 9.17) is 10.00 Å². The molecule has 24 heavy (non-hydrogen) atoms. The Kier molecular flexibility index (Phi) is 5.97. The van der Waals surface area contributed by atoms with E-state index < -0.39 is 0 Å². The number of ketones is 1. The van der Waals surface area contributed by atoms with Gasteiger partial charge in [0, 0.05) is 5.56 Å². The van der Waals surface area contributed by atoms with Crippen molar-refractivity contribution >= 4 is 5.78 Å². The average molecular weight is 323 g/mol. The van der Waals surface area contributed by atoms with Crippen molar-refractivity contribution in [2.24, 2.45) is 0 Å². The molecule has 0 saturated carbocycles. The number of nitrogens with zero attached hydrogens (tertiary/aromatic N) is 1. The molecule has 0 aliphatic rings. The standard InChI is InChI=1S/C20H21NO3/c1-3-5-18-19(9-8-17(14(2)22)20(18)23)24-13-16-7-4-6-15(12-16)10-11-21/h4,6-9,12,23H,3,5,10,13H2,1-2H3. The van der Waals surface area contributed by atoms with E-state index in [0.29, 0.717) is 36.3 Å². The van der Waals surface area contributed by atoms with Crippen LogP contribution >= 0.6 is 0 Å². The first-order chi connectivity index (χ1) is 11.6. The molecule has 2 rings (SSSR count). The number of carbonyl (C=O) groups excluding carboxylic acids is 1. The van der Waals surface area contributed by atoms with Crippen molar-refractivity contribution in [1.29, 1.82) is 5.26 Å². The highest BCUT2D eigenvalue weighted by Gasteiger charge is 2.15. The first-order valence-electron chi connectivity index (χ1n) is 8.00. The summed E-state index contributed by atoms with van der Waals surface area (Å²) >= 11 is 0. The summed E-state index contributed by atoms with van der Waals surface area (Å²) in [5.74, 6) is 0.436. The number of hydrogen-bond acceptors (Lipinski definition) is 4. The molecule has 124 valence electrons. The average Bonchev–Trinajstić information content (AvgIpc) is 2.56. The summed E-state index contributed by atoms with van der Waals surface area (Å²) in [5.41, 5.74) is 2.89. The van der Waals surface area contributed by atoms with Crippen molar-refractivity contribution < 1.29 is 14.6 Å². The maximum atomic E-state index is 11.6. The van der Waals surface area contributed by atoms with Crippen molar-refractivity contribution in [1.82, 2.24) is 0 Å². The molecule has 0 aliphatic heterocycles. The van der Waals surface area contributed by atoms with Gasteiger partial charge in [-0.2, -0.15) is 5.26 Å². The van der Waals surface area contributed by atoms with E-state index in [9.17, 15) is 9.90 Å². The zero-order valence-corrected chi connectivity index (χ0v) is 14.0. The van der Waals surface area contributed by atoms with Crippen LogP contribution in [0.15, 0.2) is 36.4 Å². The predicted octanol–water partition coefficient (Wildman–Crippen LogP) is 4.19. The van der Waals surface area contributed by atoms with Crippen LogP contribution in [0.3, 0.4) is 0 Å². The lowest BCUT2D eigenvalue weighted by molar-refractivity contribution is 0.101. The van der Waals surface area contributed by atoms with Gasteiger partial charge in [-0.05, 0) is 36.6 Å². The third-order valence-electron chi connectivity index (χ3n) is 3.79. The third kappa shape index (κ3) is 4.14. The molecular formula is C20H21NO3. The summed E-state index contributed by atoms with van der Waals surface area (Å²) in [4.78, 5) is 11.6. The van der Waals surface area contributed by atoms with Gasteiger partial charge in [0.15, 0.2) is 5.78 Å². The molecule has 4 nitrogen and oxygen atoms in total. The largest absolute Gasteiger partial charge is 0.507 e. The van der Waals surface area contributed by atoms with Gasteiger partial charge >= 0.3 is 0 Å². The molecule has 0 amide bonds. The molecular weight excluding hydrogens is 302 g/mol. The Morgan fingerprint density at radius 3 is 2.67 bits per heavy atom. The van der Waals surface area contributed by atoms with Gasteiger partial charge < -0.3 is 9.84 Å². The van der Waals surface area contributed by atoms with E-state index in [1.54, 1.807) is 12.1 Å². The highest BCUT2D eigenvalue weighted by molar-refractivity contribution is 5.97. The second-order valence-corrected chi connectivity index (χ2v) is 5.69. The van der Waals surface area contributed by atoms with Gasteiger partial charge in [-0.25, -0.2) is 0 Å². The smallest absolute Gasteiger partial charge is 0.163 e. The molecule has 4 heteroatoms. The number of hydrogen-bond donors (Lipinski definition) is 1. The molecule has 0 aliphatic carbocycles. The second-order valence-electron chi connectivity index (χ2n) is 5.69. The molecule has 1 N–H and O–H groups in total. The lowest BCUT2D eigenvalue weighted by Gasteiger charge is -2.15. The number of rotatable bonds is 7. The zero-order chi connectivity index (χ0) is 17.5. The van der Waals surface area contributed by atoms with E-state index >= 15 is 0 Å². The van der Waals surface area contributed by atoms with Crippen molar-refractivity contribution in [2.45, 2.75) is 39.7 Å². The Hall–Kier alpha value is -2.80. The summed E-state index contributed by atoms with van der Waals surface area (Å²) in [6.07, 6.45) is 1.84. The van der Waals surface area contributed by atoms with Crippen LogP contribution in [-0.2, 0) is 19.4 Å². The zero-order valence-electron chi connectivity index (χ0n) is 14.0. The fourth-order valence-electron chi connectivity index (χ4n) is 2.61. The summed E-state index contributed by atoms with van der Waals surface area (Å²) in [7, 11) is 0. The van der Waals surface area contributed by atoms with Gasteiger partial charge in [0.05, 0.1) is 18.1 Å². The predicted molar refractivity (Wildman–Crippen MR) is 92.2 cm³/mol. The lowest BCUT2D eigenvalue weighted by Crippen LogP contribution is -2.02. The number of aromatic hydroxyl groups is 1. The fraction of sp³-hybridized carbons (Fsp3) is 0.300. The molecule has 0 aromatic heterocycles. The van der Waals surface area contributed by atoms with Crippen LogP contribution in [0.4, 0.5) is 0 Å². The van der Waals surface area contributed by atoms with E-state index in [1.807, 2.05) is 31.2 Å². The Balaban J connectivity index is 2.23. The van der Waals surface area contributed by atoms with Crippen LogP contribution in [0.25, 0.3) is 0 Å². The highest BCUT2D eigenvalue weighted by Crippen LogP contribution is 2.33. The molecule has 2 aromatic rings. The van der Waals surface area contributed by atoms with E-state index in [1.165, 1.54) is 6.92 Å². The molecule has 0 heterocycles. The van der Waals surface area contributed by atoms with Crippen molar-refractivity contribution in [3.8, 4) is 17.6 Å². The van der Waals surface area contributed by atoms with Crippen molar-refractivity contribution in [2.75, 3.05) is 0 Å². The van der Waals surface area contributed by atoms with Gasteiger partial charge in [-0.15, -0.1) is 0 Å². The summed E-state index contributed by atoms with van der Waals surface area (Å²) in [6.45, 7) is 3.79. The van der Waals surface area contributed by atoms with Crippen LogP contribution in [-0.4, -0.2) is 10.9 Å². The first-order valence-corrected chi connectivity index (χ1v) is 8.00. The topological polar surface area (TPSA) is 70.3 Å². The minimum atomic E-state index is -0.166. The fourth-order valence-corrected chi connectivity index (χ4v) is 2.61. The number of nitriles is 1. The number of carbonyl (C=O) groups is 1. The monoisotopic (exact) mass is 323 g/mol. The Morgan fingerprint density at radius 1 is 1.25 bits per heavy atom. The molecule has 0 saturated heterocycles. The van der Waals surface area contributed by atoms with Crippen LogP contribution in [0.2, 0.25) is 0 Å². The van der Waals surface area contributed by atoms with Gasteiger partial charge in [-0.3, -0.25) is 4.79 Å². The second kappa shape index (κ2) is 8.16. The van der Waals surface area contributed by atoms with Crippen LogP contribution in [0, 0.1) is 11.3 Å². The first kappa shape index (κ1) is 17.6. The van der Waals surface area contributed by atoms with Crippen molar-refractivity contribution in [3.63, 3.8) is 0 Å². The normalized spacial score (nSPS) is 10.2. The minimum Gasteiger partial charge on any atom is -0.507 e. The van der Waals surface area contributed by atoms with Gasteiger partial charge in [0.1, 0.15) is 18.1 Å². The van der Waals surface area contributed by atoms with E-state index in [2.05, 4.69) is 6.07 Å². The van der Waals surface area contributed by atoms with Gasteiger partial charge in [0.2, 0.25) is 0 Å². The van der Waals surface area contributed by atoms with Crippen molar-refractivity contribution in [3.05, 3.63) is 58.7 Å². The molecule has 2 aromatic carbocycles. The lowest BCUT2D eigenvalue weighted by atomic mass is 10.0. The molecule has 0 fully saturated rings. The number of phenolic OH excluding ortho intramolecular Hbond substituents is 1. The Bertz CT molecular complexity index is 775. The van der Waals surface area contributed by atoms with Crippen LogP contribution in [0.1, 0.15) is 47.3 Å². The van der Waals surface area contributed by atoms with Crippen LogP contribution in [0.5, 0.6) is 11.5 Å². The van der Waals surface area contributed by atoms with Gasteiger partial charge in [-0.1, -0.05) is 37.6 Å². The quantitative estimate of drug-likeness (QED) is 0.776. The molecule has 0 atom stereocenters. The van der Waals surface area contributed by atoms with Gasteiger partial charge in [0.25, 0.3) is 0 Å². The molecule has 0 bridgehead atoms. The number of Topliss-reactive ketones (excluding diaryl/α,β-unsaturated/α-hetero) is 1. The number of ether oxygens (including phenoxy) is 1. The van der Waals surface area contributed by atoms with E-state index in [0.717, 1.165) is 17.5 Å². The minimum absolute atomic E-state index is 0.0140. The Morgan fingerprint density at radius 2 is 2.00 bits per heavy atom. The molecule has 0 unspecified atom stereocenters. The maximum Gasteiger partial charge on any atom is 0.163 e. The summed E-state index contributed by atoms with van der Waals surface area (Å²) in [6, 6.07) is 13.1. The molecule has 0 radical (unpaired) electrons. The van der Waals surface area contributed by atoms with E-state index in [-0.39, 0.29) is 11.5 Å². The maximum absolute atomic E-state index is 11.6. The third-order valence-corrected chi connectivity index (χ3v) is 3.79.